The van der Waals surface area contributed by atoms with Crippen LogP contribution in [0.3, 0.4) is 0 Å². The Kier molecular flexibility index (Phi) is 4.39. The van der Waals surface area contributed by atoms with Crippen molar-refractivity contribution in [2.45, 2.75) is 32.2 Å². The van der Waals surface area contributed by atoms with E-state index < -0.39 is 0 Å². The number of nitrogens with zero attached hydrogens (tertiary/aromatic N) is 3. The second kappa shape index (κ2) is 6.48. The SMILES string of the molecule is C=C/C(C#N)=C(\C=N)C1C=c2c(n(CC3CCC3)c(=O)n2C)=CC1. The Morgan fingerprint density at radius 3 is 2.79 bits per heavy atom. The van der Waals surface area contributed by atoms with Crippen LogP contribution in [0.2, 0.25) is 0 Å². The van der Waals surface area contributed by atoms with E-state index in [1.165, 1.54) is 31.6 Å². The van der Waals surface area contributed by atoms with E-state index in [0.29, 0.717) is 23.5 Å². The Balaban J connectivity index is 2.09. The highest BCUT2D eigenvalue weighted by Gasteiger charge is 2.22. The molecule has 0 amide bonds. The topological polar surface area (TPSA) is 74.6 Å². The van der Waals surface area contributed by atoms with Crippen molar-refractivity contribution < 1.29 is 0 Å². The number of imidazole rings is 1. The smallest absolute Gasteiger partial charge is 0.308 e. The highest BCUT2D eigenvalue weighted by atomic mass is 16.1. The molecule has 5 heteroatoms. The predicted octanol–water partition coefficient (Wildman–Crippen LogP) is 1.22. The minimum Gasteiger partial charge on any atom is -0.308 e. The molecule has 3 rings (SSSR count). The van der Waals surface area contributed by atoms with Gasteiger partial charge in [-0.15, -0.1) is 0 Å². The lowest BCUT2D eigenvalue weighted by atomic mass is 9.85. The molecule has 1 heterocycles. The molecule has 1 aromatic heterocycles. The fourth-order valence-electron chi connectivity index (χ4n) is 3.55. The van der Waals surface area contributed by atoms with Crippen molar-refractivity contribution >= 4 is 18.4 Å². The number of hydrogen-bond donors (Lipinski definition) is 1. The van der Waals surface area contributed by atoms with Gasteiger partial charge in [-0.3, -0.25) is 9.13 Å². The van der Waals surface area contributed by atoms with Crippen LogP contribution in [0.15, 0.2) is 28.6 Å². The third-order valence-electron chi connectivity index (χ3n) is 5.21. The van der Waals surface area contributed by atoms with E-state index in [-0.39, 0.29) is 11.6 Å². The molecular weight excluding hydrogens is 300 g/mol. The van der Waals surface area contributed by atoms with Gasteiger partial charge in [-0.05, 0) is 30.8 Å². The summed E-state index contributed by atoms with van der Waals surface area (Å²) < 4.78 is 3.57. The van der Waals surface area contributed by atoms with Crippen LogP contribution < -0.4 is 16.4 Å². The zero-order valence-corrected chi connectivity index (χ0v) is 14.0. The standard InChI is InChI=1S/C19H22N4O/c1-3-14(10-20)16(11-21)15-7-8-17-18(9-15)22(2)19(24)23(17)12-13-5-4-6-13/h3,8-9,11,13,15,21H,1,4-7,12H2,2H3/b16-14-,21-11?. The lowest BCUT2D eigenvalue weighted by Crippen LogP contribution is -2.38. The zero-order chi connectivity index (χ0) is 17.3. The number of nitriles is 1. The number of aromatic nitrogens is 2. The van der Waals surface area contributed by atoms with Crippen LogP contribution in [0.25, 0.3) is 12.2 Å². The van der Waals surface area contributed by atoms with Crippen LogP contribution in [0.5, 0.6) is 0 Å². The summed E-state index contributed by atoms with van der Waals surface area (Å²) in [6.45, 7) is 4.45. The lowest BCUT2D eigenvalue weighted by molar-refractivity contribution is 0.271. The molecule has 1 atom stereocenters. The molecule has 2 aliphatic rings. The average Bonchev–Trinajstić information content (AvgIpc) is 2.79. The number of nitrogens with one attached hydrogen (secondary N) is 1. The molecule has 0 aliphatic heterocycles. The molecule has 5 nitrogen and oxygen atoms in total. The average molecular weight is 322 g/mol. The number of fused-ring (bicyclic) bond motifs is 1. The maximum Gasteiger partial charge on any atom is 0.328 e. The van der Waals surface area contributed by atoms with Crippen molar-refractivity contribution in [3.05, 3.63) is 45.0 Å². The first-order valence-corrected chi connectivity index (χ1v) is 8.35. The Labute approximate surface area is 141 Å². The van der Waals surface area contributed by atoms with E-state index in [1.807, 2.05) is 10.6 Å². The summed E-state index contributed by atoms with van der Waals surface area (Å²) in [7, 11) is 1.79. The lowest BCUT2D eigenvalue weighted by Gasteiger charge is -2.25. The Morgan fingerprint density at radius 2 is 2.25 bits per heavy atom. The first-order valence-electron chi connectivity index (χ1n) is 8.35. The minimum atomic E-state index is -0.0761. The van der Waals surface area contributed by atoms with Crippen LogP contribution in [-0.2, 0) is 13.6 Å². The summed E-state index contributed by atoms with van der Waals surface area (Å²) in [5, 5.41) is 18.7. The number of rotatable bonds is 5. The van der Waals surface area contributed by atoms with Gasteiger partial charge in [0.1, 0.15) is 0 Å². The molecule has 0 radical (unpaired) electrons. The molecule has 0 saturated heterocycles. The maximum atomic E-state index is 12.6. The van der Waals surface area contributed by atoms with E-state index in [1.54, 1.807) is 11.6 Å². The van der Waals surface area contributed by atoms with Gasteiger partial charge in [0.25, 0.3) is 0 Å². The summed E-state index contributed by atoms with van der Waals surface area (Å²) >= 11 is 0. The van der Waals surface area contributed by atoms with Gasteiger partial charge in [0.2, 0.25) is 0 Å². The molecule has 1 N–H and O–H groups in total. The second-order valence-electron chi connectivity index (χ2n) is 6.56. The molecule has 0 spiro atoms. The van der Waals surface area contributed by atoms with Crippen LogP contribution in [0.4, 0.5) is 0 Å². The van der Waals surface area contributed by atoms with Gasteiger partial charge in [0.15, 0.2) is 0 Å². The van der Waals surface area contributed by atoms with Gasteiger partial charge in [-0.25, -0.2) is 4.79 Å². The molecule has 1 saturated carbocycles. The van der Waals surface area contributed by atoms with E-state index in [0.717, 1.165) is 17.2 Å². The molecule has 1 fully saturated rings. The molecule has 1 aromatic rings. The van der Waals surface area contributed by atoms with Crippen LogP contribution in [0, 0.1) is 28.6 Å². The highest BCUT2D eigenvalue weighted by Crippen LogP contribution is 2.27. The third kappa shape index (κ3) is 2.58. The predicted molar refractivity (Wildman–Crippen MR) is 94.9 cm³/mol. The van der Waals surface area contributed by atoms with Crippen molar-refractivity contribution in [2.75, 3.05) is 0 Å². The molecular formula is C19H22N4O. The number of allylic oxidation sites excluding steroid dienone is 3. The van der Waals surface area contributed by atoms with E-state index in [2.05, 4.69) is 18.7 Å². The van der Waals surface area contributed by atoms with Gasteiger partial charge in [0, 0.05) is 25.7 Å². The van der Waals surface area contributed by atoms with E-state index in [9.17, 15) is 10.1 Å². The molecule has 0 bridgehead atoms. The minimum absolute atomic E-state index is 0.0182. The van der Waals surface area contributed by atoms with Gasteiger partial charge >= 0.3 is 5.69 Å². The summed E-state index contributed by atoms with van der Waals surface area (Å²) in [5.41, 5.74) is 1.08. The van der Waals surface area contributed by atoms with Crippen molar-refractivity contribution in [1.29, 1.82) is 10.7 Å². The quantitative estimate of drug-likeness (QED) is 0.503. The first-order chi connectivity index (χ1) is 11.6. The third-order valence-corrected chi connectivity index (χ3v) is 5.21. The molecule has 2 aliphatic carbocycles. The maximum absolute atomic E-state index is 12.6. The van der Waals surface area contributed by atoms with Gasteiger partial charge < -0.3 is 5.41 Å². The fourth-order valence-corrected chi connectivity index (χ4v) is 3.55. The summed E-state index contributed by atoms with van der Waals surface area (Å²) in [6.07, 6.45) is 11.1. The molecule has 24 heavy (non-hydrogen) atoms. The molecule has 124 valence electrons. The van der Waals surface area contributed by atoms with E-state index >= 15 is 0 Å². The Hall–Kier alpha value is -2.61. The van der Waals surface area contributed by atoms with Crippen LogP contribution in [-0.4, -0.2) is 15.3 Å². The van der Waals surface area contributed by atoms with Gasteiger partial charge in [-0.2, -0.15) is 5.26 Å². The Bertz CT molecular complexity index is 932. The summed E-state index contributed by atoms with van der Waals surface area (Å²) in [5.74, 6) is 0.538. The van der Waals surface area contributed by atoms with Gasteiger partial charge in [0.05, 0.1) is 22.3 Å². The first kappa shape index (κ1) is 16.3. The zero-order valence-electron chi connectivity index (χ0n) is 14.0. The number of hydrogen-bond acceptors (Lipinski definition) is 3. The summed E-state index contributed by atoms with van der Waals surface area (Å²) in [4.78, 5) is 12.6. The van der Waals surface area contributed by atoms with Crippen LogP contribution >= 0.6 is 0 Å². The Morgan fingerprint density at radius 1 is 1.50 bits per heavy atom. The summed E-state index contributed by atoms with van der Waals surface area (Å²) in [6, 6.07) is 2.10. The second-order valence-corrected chi connectivity index (χ2v) is 6.56. The van der Waals surface area contributed by atoms with Crippen LogP contribution in [0.1, 0.15) is 25.7 Å². The van der Waals surface area contributed by atoms with Crippen molar-refractivity contribution in [3.63, 3.8) is 0 Å². The van der Waals surface area contributed by atoms with E-state index in [4.69, 9.17) is 5.41 Å². The van der Waals surface area contributed by atoms with Crippen molar-refractivity contribution in [3.8, 4) is 6.07 Å². The normalized spacial score (nSPS) is 20.6. The molecule has 1 unspecified atom stereocenters. The van der Waals surface area contributed by atoms with Gasteiger partial charge in [-0.1, -0.05) is 31.2 Å². The monoisotopic (exact) mass is 322 g/mol. The molecule has 0 aromatic carbocycles. The fraction of sp³-hybridized carbons (Fsp3) is 0.421. The largest absolute Gasteiger partial charge is 0.328 e. The highest BCUT2D eigenvalue weighted by molar-refractivity contribution is 5.82. The van der Waals surface area contributed by atoms with Crippen molar-refractivity contribution in [2.24, 2.45) is 18.9 Å². The van der Waals surface area contributed by atoms with Crippen molar-refractivity contribution in [1.82, 2.24) is 9.13 Å².